The Morgan fingerprint density at radius 1 is 1.18 bits per heavy atom. The summed E-state index contributed by atoms with van der Waals surface area (Å²) in [6, 6.07) is 7.99. The Kier molecular flexibility index (Phi) is 5.48. The highest BCUT2D eigenvalue weighted by atomic mass is 16.5. The smallest absolute Gasteiger partial charge is 0.130 e. The number of aromatic hydroxyl groups is 1. The summed E-state index contributed by atoms with van der Waals surface area (Å²) in [5.74, 6) is 1.21. The third kappa shape index (κ3) is 3.27. The van der Waals surface area contributed by atoms with Crippen LogP contribution in [0.1, 0.15) is 44.7 Å². The number of unbranched alkanes of at least 4 members (excludes halogenated alkanes) is 1. The summed E-state index contributed by atoms with van der Waals surface area (Å²) in [5, 5.41) is 12.7. The number of hydrogen-bond acceptors (Lipinski definition) is 2. The molecule has 0 atom stereocenters. The van der Waals surface area contributed by atoms with E-state index in [4.69, 9.17) is 4.74 Å². The molecule has 0 radical (unpaired) electrons. The van der Waals surface area contributed by atoms with E-state index in [0.717, 1.165) is 53.3 Å². The summed E-state index contributed by atoms with van der Waals surface area (Å²) in [7, 11) is 0. The van der Waals surface area contributed by atoms with Gasteiger partial charge in [0, 0.05) is 16.5 Å². The number of ether oxygens (including phenoxy) is 1. The first-order chi connectivity index (χ1) is 10.6. The van der Waals surface area contributed by atoms with Gasteiger partial charge in [0.2, 0.25) is 0 Å². The fourth-order valence-electron chi connectivity index (χ4n) is 2.84. The minimum absolute atomic E-state index is 0.0736. The molecule has 22 heavy (non-hydrogen) atoms. The lowest BCUT2D eigenvalue weighted by Gasteiger charge is -2.21. The zero-order valence-electron chi connectivity index (χ0n) is 13.9. The van der Waals surface area contributed by atoms with Crippen LogP contribution >= 0.6 is 0 Å². The molecule has 0 heterocycles. The van der Waals surface area contributed by atoms with Gasteiger partial charge in [0.15, 0.2) is 0 Å². The molecule has 2 aromatic rings. The van der Waals surface area contributed by atoms with Crippen molar-refractivity contribution in [2.24, 2.45) is 0 Å². The minimum atomic E-state index is 0.0736. The molecule has 0 spiro atoms. The van der Waals surface area contributed by atoms with E-state index < -0.39 is 0 Å². The van der Waals surface area contributed by atoms with Gasteiger partial charge < -0.3 is 9.84 Å². The van der Waals surface area contributed by atoms with Crippen LogP contribution in [0.15, 0.2) is 36.9 Å². The zero-order valence-corrected chi connectivity index (χ0v) is 13.9. The normalized spacial score (nSPS) is 11.1. The molecule has 0 bridgehead atoms. The van der Waals surface area contributed by atoms with E-state index in [1.54, 1.807) is 0 Å². The van der Waals surface area contributed by atoms with Gasteiger partial charge in [0.1, 0.15) is 11.5 Å². The second-order valence-corrected chi connectivity index (χ2v) is 5.94. The lowest BCUT2D eigenvalue weighted by atomic mass is 9.93. The third-order valence-corrected chi connectivity index (χ3v) is 3.82. The van der Waals surface area contributed by atoms with Crippen LogP contribution in [0.4, 0.5) is 0 Å². The number of benzene rings is 2. The molecular formula is C20H26O2. The Morgan fingerprint density at radius 2 is 1.86 bits per heavy atom. The minimum Gasteiger partial charge on any atom is -0.507 e. The number of allylic oxidation sites excluding steroid dienone is 1. The van der Waals surface area contributed by atoms with Gasteiger partial charge in [-0.1, -0.05) is 43.7 Å². The van der Waals surface area contributed by atoms with Gasteiger partial charge in [-0.3, -0.25) is 0 Å². The average Bonchev–Trinajstić information content (AvgIpc) is 2.50. The molecule has 0 aromatic heterocycles. The maximum Gasteiger partial charge on any atom is 0.130 e. The maximum atomic E-state index is 10.8. The summed E-state index contributed by atoms with van der Waals surface area (Å²) in [4.78, 5) is 0. The first-order valence-electron chi connectivity index (χ1n) is 8.13. The molecule has 0 aliphatic rings. The van der Waals surface area contributed by atoms with E-state index in [1.807, 2.05) is 44.2 Å². The van der Waals surface area contributed by atoms with Crippen LogP contribution in [-0.2, 0) is 12.8 Å². The molecule has 118 valence electrons. The Morgan fingerprint density at radius 3 is 2.45 bits per heavy atom. The number of phenolic OH excluding ortho intramolecular Hbond substituents is 1. The lowest BCUT2D eigenvalue weighted by molar-refractivity contribution is 0.237. The van der Waals surface area contributed by atoms with Crippen LogP contribution in [0.5, 0.6) is 11.5 Å². The lowest BCUT2D eigenvalue weighted by Crippen LogP contribution is -2.10. The molecule has 2 nitrogen and oxygen atoms in total. The van der Waals surface area contributed by atoms with Gasteiger partial charge in [0.05, 0.1) is 6.10 Å². The van der Waals surface area contributed by atoms with Crippen LogP contribution < -0.4 is 4.74 Å². The number of hydrogen-bond donors (Lipinski definition) is 1. The molecule has 2 rings (SSSR count). The molecule has 1 N–H and O–H groups in total. The molecular weight excluding hydrogens is 272 g/mol. The zero-order chi connectivity index (χ0) is 16.1. The van der Waals surface area contributed by atoms with Crippen molar-refractivity contribution in [3.8, 4) is 11.5 Å². The molecule has 0 fully saturated rings. The fourth-order valence-corrected chi connectivity index (χ4v) is 2.84. The quantitative estimate of drug-likeness (QED) is 0.693. The molecule has 0 aliphatic carbocycles. The van der Waals surface area contributed by atoms with Crippen molar-refractivity contribution >= 4 is 10.8 Å². The van der Waals surface area contributed by atoms with Crippen molar-refractivity contribution in [3.05, 3.63) is 48.0 Å². The highest BCUT2D eigenvalue weighted by Gasteiger charge is 2.20. The highest BCUT2D eigenvalue weighted by molar-refractivity contribution is 5.94. The van der Waals surface area contributed by atoms with Gasteiger partial charge in [0.25, 0.3) is 0 Å². The second-order valence-electron chi connectivity index (χ2n) is 5.94. The van der Waals surface area contributed by atoms with Crippen LogP contribution in [0.25, 0.3) is 10.8 Å². The van der Waals surface area contributed by atoms with Gasteiger partial charge in [-0.05, 0) is 38.5 Å². The van der Waals surface area contributed by atoms with E-state index in [9.17, 15) is 5.11 Å². The summed E-state index contributed by atoms with van der Waals surface area (Å²) < 4.78 is 6.11. The predicted octanol–water partition coefficient (Wildman–Crippen LogP) is 5.40. The van der Waals surface area contributed by atoms with Gasteiger partial charge >= 0.3 is 0 Å². The Bertz CT molecular complexity index is 656. The summed E-state index contributed by atoms with van der Waals surface area (Å²) in [5.41, 5.74) is 2.06. The Balaban J connectivity index is 2.75. The second kappa shape index (κ2) is 7.35. The molecule has 2 heteroatoms. The van der Waals surface area contributed by atoms with E-state index in [0.29, 0.717) is 5.75 Å². The van der Waals surface area contributed by atoms with Gasteiger partial charge in [-0.25, -0.2) is 0 Å². The number of fused-ring (bicyclic) bond motifs is 1. The van der Waals surface area contributed by atoms with Crippen LogP contribution in [0.3, 0.4) is 0 Å². The first kappa shape index (κ1) is 16.4. The molecule has 2 aromatic carbocycles. The predicted molar refractivity (Wildman–Crippen MR) is 93.9 cm³/mol. The molecule has 0 saturated carbocycles. The average molecular weight is 298 g/mol. The molecule has 0 saturated heterocycles. The summed E-state index contributed by atoms with van der Waals surface area (Å²) >= 11 is 0. The highest BCUT2D eigenvalue weighted by Crippen LogP contribution is 2.42. The van der Waals surface area contributed by atoms with Gasteiger partial charge in [-0.2, -0.15) is 0 Å². The van der Waals surface area contributed by atoms with E-state index >= 15 is 0 Å². The van der Waals surface area contributed by atoms with Crippen LogP contribution in [-0.4, -0.2) is 11.2 Å². The van der Waals surface area contributed by atoms with Crippen molar-refractivity contribution in [2.45, 2.75) is 52.6 Å². The molecule has 0 amide bonds. The van der Waals surface area contributed by atoms with Crippen molar-refractivity contribution < 1.29 is 9.84 Å². The van der Waals surface area contributed by atoms with Crippen molar-refractivity contribution in [1.82, 2.24) is 0 Å². The van der Waals surface area contributed by atoms with Gasteiger partial charge in [-0.15, -0.1) is 6.58 Å². The Labute approximate surface area is 133 Å². The van der Waals surface area contributed by atoms with Crippen LogP contribution in [0.2, 0.25) is 0 Å². The SMILES string of the molecule is C=CCc1c(OC(C)C)c(CCCC)c(O)c2ccccc12. The van der Waals surface area contributed by atoms with Crippen molar-refractivity contribution in [1.29, 1.82) is 0 Å². The van der Waals surface area contributed by atoms with Crippen molar-refractivity contribution in [3.63, 3.8) is 0 Å². The molecule has 0 unspecified atom stereocenters. The monoisotopic (exact) mass is 298 g/mol. The third-order valence-electron chi connectivity index (χ3n) is 3.82. The summed E-state index contributed by atoms with van der Waals surface area (Å²) in [6.07, 6.45) is 5.67. The largest absolute Gasteiger partial charge is 0.507 e. The number of rotatable bonds is 7. The van der Waals surface area contributed by atoms with E-state index in [2.05, 4.69) is 13.5 Å². The van der Waals surface area contributed by atoms with Crippen LogP contribution in [0, 0.1) is 0 Å². The summed E-state index contributed by atoms with van der Waals surface area (Å²) in [6.45, 7) is 10.1. The Hall–Kier alpha value is -1.96. The molecule has 0 aliphatic heterocycles. The topological polar surface area (TPSA) is 29.5 Å². The van der Waals surface area contributed by atoms with Crippen molar-refractivity contribution in [2.75, 3.05) is 0 Å². The number of phenols is 1. The maximum absolute atomic E-state index is 10.8. The standard InChI is InChI=1S/C20H26O2/c1-5-7-11-18-19(21)16-13-9-8-12-15(16)17(10-6-2)20(18)22-14(3)4/h6,8-9,12-14,21H,2,5,7,10-11H2,1,3-4H3. The van der Waals surface area contributed by atoms with E-state index in [1.165, 1.54) is 0 Å². The van der Waals surface area contributed by atoms with E-state index in [-0.39, 0.29) is 6.10 Å². The first-order valence-corrected chi connectivity index (χ1v) is 8.13. The fraction of sp³-hybridized carbons (Fsp3) is 0.400.